The molecule has 0 aliphatic carbocycles. The van der Waals surface area contributed by atoms with E-state index in [9.17, 15) is 9.59 Å². The molecule has 140 valence electrons. The van der Waals surface area contributed by atoms with Gasteiger partial charge in [-0.05, 0) is 18.2 Å². The summed E-state index contributed by atoms with van der Waals surface area (Å²) in [6.07, 6.45) is 0. The molecule has 2 heterocycles. The molecule has 28 heavy (non-hydrogen) atoms. The number of thioether (sulfide) groups is 1. The van der Waals surface area contributed by atoms with E-state index in [1.165, 1.54) is 18.7 Å². The number of carbonyl (C=O) groups is 1. The van der Waals surface area contributed by atoms with Crippen LogP contribution in [0.25, 0.3) is 22.3 Å². The van der Waals surface area contributed by atoms with E-state index in [-0.39, 0.29) is 11.6 Å². The van der Waals surface area contributed by atoms with Crippen molar-refractivity contribution in [3.8, 4) is 11.3 Å². The van der Waals surface area contributed by atoms with Gasteiger partial charge in [0.2, 0.25) is 5.91 Å². The number of hydrogen-bond donors (Lipinski definition) is 2. The second kappa shape index (κ2) is 7.61. The quantitative estimate of drug-likeness (QED) is 0.499. The Morgan fingerprint density at radius 2 is 1.89 bits per heavy atom. The molecule has 4 aromatic rings. The van der Waals surface area contributed by atoms with Gasteiger partial charge >= 0.3 is 0 Å². The molecule has 0 aliphatic heterocycles. The third-order valence-corrected chi connectivity index (χ3v) is 4.74. The monoisotopic (exact) mass is 393 g/mol. The van der Waals surface area contributed by atoms with Gasteiger partial charge in [0, 0.05) is 12.5 Å². The van der Waals surface area contributed by atoms with Crippen LogP contribution in [0.3, 0.4) is 0 Å². The van der Waals surface area contributed by atoms with Crippen LogP contribution in [0.2, 0.25) is 0 Å². The number of rotatable bonds is 5. The minimum atomic E-state index is -0.390. The Morgan fingerprint density at radius 3 is 2.71 bits per heavy atom. The van der Waals surface area contributed by atoms with Crippen LogP contribution < -0.4 is 10.9 Å². The number of nitrogens with zero attached hydrogens (tertiary/aromatic N) is 5. The third-order valence-electron chi connectivity index (χ3n) is 3.91. The number of benzene rings is 2. The van der Waals surface area contributed by atoms with Crippen LogP contribution in [0.5, 0.6) is 0 Å². The second-order valence-corrected chi connectivity index (χ2v) is 6.82. The molecule has 2 aromatic carbocycles. The Kier molecular flexibility index (Phi) is 4.85. The van der Waals surface area contributed by atoms with Crippen molar-refractivity contribution in [2.75, 3.05) is 5.32 Å². The molecule has 1 amide bonds. The lowest BCUT2D eigenvalue weighted by atomic mass is 10.1. The van der Waals surface area contributed by atoms with Gasteiger partial charge in [0.05, 0.1) is 17.1 Å². The van der Waals surface area contributed by atoms with E-state index >= 15 is 0 Å². The molecule has 0 saturated heterocycles. The maximum absolute atomic E-state index is 12.5. The molecule has 0 aliphatic rings. The number of hydrogen-bond acceptors (Lipinski definition) is 7. The number of fused-ring (bicyclic) bond motifs is 1. The summed E-state index contributed by atoms with van der Waals surface area (Å²) in [5.74, 6) is 0.191. The molecule has 0 unspecified atom stereocenters. The van der Waals surface area contributed by atoms with Crippen LogP contribution in [0, 0.1) is 0 Å². The summed E-state index contributed by atoms with van der Waals surface area (Å²) in [6.45, 7) is 1.40. The summed E-state index contributed by atoms with van der Waals surface area (Å²) in [5.41, 5.74) is 2.45. The van der Waals surface area contributed by atoms with E-state index in [0.29, 0.717) is 22.3 Å². The van der Waals surface area contributed by atoms with Gasteiger partial charge in [-0.15, -0.1) is 15.3 Å². The minimum absolute atomic E-state index is 0.139. The Morgan fingerprint density at radius 1 is 1.11 bits per heavy atom. The van der Waals surface area contributed by atoms with Gasteiger partial charge in [0.25, 0.3) is 5.56 Å². The van der Waals surface area contributed by atoms with E-state index in [1.807, 2.05) is 24.3 Å². The topological polar surface area (TPSA) is 118 Å². The number of H-pyrrole nitrogens is 1. The number of carbonyl (C=O) groups excluding carboxylic acids is 1. The van der Waals surface area contributed by atoms with E-state index in [2.05, 4.69) is 30.8 Å². The molecule has 0 bridgehead atoms. The minimum Gasteiger partial charge on any atom is -0.326 e. The van der Waals surface area contributed by atoms with Gasteiger partial charge in [0.15, 0.2) is 10.9 Å². The van der Waals surface area contributed by atoms with Gasteiger partial charge in [0.1, 0.15) is 5.52 Å². The van der Waals surface area contributed by atoms with Crippen LogP contribution in [0.15, 0.2) is 58.5 Å². The van der Waals surface area contributed by atoms with Gasteiger partial charge in [-0.1, -0.05) is 47.3 Å². The SMILES string of the molecule is CC(=O)Nc1ccccc1-c1nnc(SCn2nnc3ccccc32)[nH]c1=O. The predicted molar refractivity (Wildman–Crippen MR) is 106 cm³/mol. The van der Waals surface area contributed by atoms with Crippen molar-refractivity contribution in [1.29, 1.82) is 0 Å². The predicted octanol–water partition coefficient (Wildman–Crippen LogP) is 2.28. The zero-order chi connectivity index (χ0) is 19.5. The molecule has 0 radical (unpaired) electrons. The van der Waals surface area contributed by atoms with Crippen molar-refractivity contribution in [3.63, 3.8) is 0 Å². The van der Waals surface area contributed by atoms with Crippen molar-refractivity contribution in [3.05, 3.63) is 58.9 Å². The fraction of sp³-hybridized carbons (Fsp3) is 0.111. The fourth-order valence-electron chi connectivity index (χ4n) is 2.69. The fourth-order valence-corrected chi connectivity index (χ4v) is 3.39. The molecule has 9 nitrogen and oxygen atoms in total. The van der Waals surface area contributed by atoms with E-state index in [4.69, 9.17) is 0 Å². The zero-order valence-electron chi connectivity index (χ0n) is 14.8. The Bertz CT molecular complexity index is 1220. The van der Waals surface area contributed by atoms with Crippen molar-refractivity contribution < 1.29 is 4.79 Å². The van der Waals surface area contributed by atoms with Crippen molar-refractivity contribution >= 4 is 34.4 Å². The summed E-state index contributed by atoms with van der Waals surface area (Å²) in [7, 11) is 0. The zero-order valence-corrected chi connectivity index (χ0v) is 15.6. The molecule has 4 rings (SSSR count). The lowest BCUT2D eigenvalue weighted by molar-refractivity contribution is -0.114. The van der Waals surface area contributed by atoms with Crippen LogP contribution >= 0.6 is 11.8 Å². The Hall–Kier alpha value is -3.53. The average Bonchev–Trinajstić information content (AvgIpc) is 3.10. The maximum Gasteiger partial charge on any atom is 0.278 e. The lowest BCUT2D eigenvalue weighted by Gasteiger charge is -2.08. The highest BCUT2D eigenvalue weighted by Gasteiger charge is 2.13. The van der Waals surface area contributed by atoms with Crippen molar-refractivity contribution in [2.45, 2.75) is 18.0 Å². The first kappa shape index (κ1) is 17.9. The van der Waals surface area contributed by atoms with Gasteiger partial charge in [-0.2, -0.15) is 0 Å². The van der Waals surface area contributed by atoms with Gasteiger partial charge in [-0.25, -0.2) is 4.68 Å². The summed E-state index contributed by atoms with van der Waals surface area (Å²) in [4.78, 5) is 26.6. The molecular weight excluding hydrogens is 378 g/mol. The smallest absolute Gasteiger partial charge is 0.278 e. The number of para-hydroxylation sites is 2. The number of aromatic amines is 1. The van der Waals surface area contributed by atoms with Crippen LogP contribution in [0.4, 0.5) is 5.69 Å². The number of amides is 1. The first-order chi connectivity index (χ1) is 13.6. The Labute approximate surface area is 163 Å². The summed E-state index contributed by atoms with van der Waals surface area (Å²) in [6, 6.07) is 14.6. The standard InChI is InChI=1S/C18H15N7O2S/c1-11(26)19-13-7-3-2-6-12(13)16-17(27)20-18(23-22-16)28-10-25-15-9-5-4-8-14(15)21-24-25/h2-9H,10H2,1H3,(H,19,26)(H,20,23,27). The highest BCUT2D eigenvalue weighted by Crippen LogP contribution is 2.24. The normalized spacial score (nSPS) is 10.9. The molecule has 10 heteroatoms. The first-order valence-electron chi connectivity index (χ1n) is 8.37. The summed E-state index contributed by atoms with van der Waals surface area (Å²) >= 11 is 1.29. The summed E-state index contributed by atoms with van der Waals surface area (Å²) in [5, 5.41) is 19.4. The highest BCUT2D eigenvalue weighted by atomic mass is 32.2. The molecule has 2 N–H and O–H groups in total. The average molecular weight is 393 g/mol. The van der Waals surface area contributed by atoms with Crippen molar-refractivity contribution in [1.82, 2.24) is 30.2 Å². The third kappa shape index (κ3) is 3.62. The maximum atomic E-state index is 12.5. The summed E-state index contributed by atoms with van der Waals surface area (Å²) < 4.78 is 1.72. The number of nitrogens with one attached hydrogen (secondary N) is 2. The van der Waals surface area contributed by atoms with E-state index in [0.717, 1.165) is 11.0 Å². The number of aromatic nitrogens is 6. The van der Waals surface area contributed by atoms with Gasteiger partial charge in [-0.3, -0.25) is 14.6 Å². The van der Waals surface area contributed by atoms with Crippen LogP contribution in [-0.4, -0.2) is 36.1 Å². The largest absolute Gasteiger partial charge is 0.326 e. The molecule has 2 aromatic heterocycles. The van der Waals surface area contributed by atoms with E-state index in [1.54, 1.807) is 28.9 Å². The van der Waals surface area contributed by atoms with Crippen LogP contribution in [0.1, 0.15) is 6.92 Å². The molecule has 0 fully saturated rings. The first-order valence-corrected chi connectivity index (χ1v) is 9.35. The molecular formula is C18H15N7O2S. The van der Waals surface area contributed by atoms with Gasteiger partial charge < -0.3 is 5.32 Å². The highest BCUT2D eigenvalue weighted by molar-refractivity contribution is 7.98. The number of anilines is 1. The lowest BCUT2D eigenvalue weighted by Crippen LogP contribution is -2.16. The second-order valence-electron chi connectivity index (χ2n) is 5.89. The molecule has 0 atom stereocenters. The van der Waals surface area contributed by atoms with Crippen molar-refractivity contribution in [2.24, 2.45) is 0 Å². The van der Waals surface area contributed by atoms with Crippen LogP contribution in [-0.2, 0) is 10.7 Å². The molecule has 0 spiro atoms. The molecule has 0 saturated carbocycles. The van der Waals surface area contributed by atoms with E-state index < -0.39 is 5.56 Å². The Balaban J connectivity index is 1.57.